The first-order valence-corrected chi connectivity index (χ1v) is 4.04. The molecule has 0 atom stereocenters. The second kappa shape index (κ2) is 2.96. The fraction of sp³-hybridized carbons (Fsp3) is 0.300. The first-order valence-electron chi connectivity index (χ1n) is 4.04. The van der Waals surface area contributed by atoms with Crippen LogP contribution in [0.15, 0.2) is 18.3 Å². The minimum atomic E-state index is 0.574. The van der Waals surface area contributed by atoms with Crippen molar-refractivity contribution in [2.24, 2.45) is 0 Å². The largest absolute Gasteiger partial charge is 0.315 e. The lowest BCUT2D eigenvalue weighted by Crippen LogP contribution is -2.40. The first kappa shape index (κ1) is 7.33. The molecule has 0 spiro atoms. The van der Waals surface area contributed by atoms with Gasteiger partial charge in [-0.1, -0.05) is 6.07 Å². The number of nitrogens with zero attached hydrogens (tertiary/aromatic N) is 1. The standard InChI is InChI=1S/C10H10N2/c1-2-10-9(4-3-5-12-10)8-6-11-7-8/h1,3-5,8,11H,6-7H2. The van der Waals surface area contributed by atoms with Crippen molar-refractivity contribution in [2.75, 3.05) is 13.1 Å². The van der Waals surface area contributed by atoms with Gasteiger partial charge in [-0.3, -0.25) is 0 Å². The van der Waals surface area contributed by atoms with Gasteiger partial charge in [0.1, 0.15) is 5.69 Å². The van der Waals surface area contributed by atoms with Gasteiger partial charge >= 0.3 is 0 Å². The Labute approximate surface area is 72.0 Å². The second-order valence-corrected chi connectivity index (χ2v) is 2.94. The lowest BCUT2D eigenvalue weighted by Gasteiger charge is -2.27. The average molecular weight is 158 g/mol. The van der Waals surface area contributed by atoms with Gasteiger partial charge in [-0.15, -0.1) is 6.42 Å². The normalized spacial score (nSPS) is 16.6. The molecule has 12 heavy (non-hydrogen) atoms. The van der Waals surface area contributed by atoms with Crippen molar-refractivity contribution in [1.82, 2.24) is 10.3 Å². The van der Waals surface area contributed by atoms with E-state index in [9.17, 15) is 0 Å². The van der Waals surface area contributed by atoms with Crippen LogP contribution in [0.25, 0.3) is 0 Å². The Bertz CT molecular complexity index is 321. The lowest BCUT2D eigenvalue weighted by molar-refractivity contribution is 0.447. The van der Waals surface area contributed by atoms with Gasteiger partial charge in [0.25, 0.3) is 0 Å². The molecule has 1 aromatic heterocycles. The average Bonchev–Trinajstić information content (AvgIpc) is 2.02. The molecule has 0 unspecified atom stereocenters. The van der Waals surface area contributed by atoms with Crippen molar-refractivity contribution in [3.8, 4) is 12.3 Å². The molecule has 0 aliphatic carbocycles. The molecule has 0 saturated carbocycles. The summed E-state index contributed by atoms with van der Waals surface area (Å²) in [6.07, 6.45) is 7.08. The van der Waals surface area contributed by atoms with Crippen LogP contribution in [0, 0.1) is 12.3 Å². The SMILES string of the molecule is C#Cc1ncccc1C1CNC1. The maximum Gasteiger partial charge on any atom is 0.116 e. The van der Waals surface area contributed by atoms with Crippen LogP contribution in [0.4, 0.5) is 0 Å². The van der Waals surface area contributed by atoms with E-state index in [1.807, 2.05) is 6.07 Å². The van der Waals surface area contributed by atoms with E-state index in [4.69, 9.17) is 6.42 Å². The predicted octanol–water partition coefficient (Wildman–Crippen LogP) is 0.750. The molecule has 0 radical (unpaired) electrons. The Morgan fingerprint density at radius 3 is 3.00 bits per heavy atom. The van der Waals surface area contributed by atoms with E-state index in [0.29, 0.717) is 5.92 Å². The fourth-order valence-corrected chi connectivity index (χ4v) is 1.38. The van der Waals surface area contributed by atoms with E-state index in [-0.39, 0.29) is 0 Å². The molecule has 1 fully saturated rings. The monoisotopic (exact) mass is 158 g/mol. The van der Waals surface area contributed by atoms with Gasteiger partial charge in [0.15, 0.2) is 0 Å². The second-order valence-electron chi connectivity index (χ2n) is 2.94. The zero-order chi connectivity index (χ0) is 8.39. The molecule has 2 heteroatoms. The molecular formula is C10H10N2. The molecule has 2 rings (SSSR count). The van der Waals surface area contributed by atoms with Crippen LogP contribution < -0.4 is 5.32 Å². The van der Waals surface area contributed by atoms with Gasteiger partial charge in [0.05, 0.1) is 0 Å². The third kappa shape index (κ3) is 1.09. The van der Waals surface area contributed by atoms with Crippen LogP contribution >= 0.6 is 0 Å². The van der Waals surface area contributed by atoms with Gasteiger partial charge in [-0.25, -0.2) is 4.98 Å². The van der Waals surface area contributed by atoms with Crippen LogP contribution in [0.5, 0.6) is 0 Å². The molecule has 1 aromatic rings. The molecule has 2 nitrogen and oxygen atoms in total. The van der Waals surface area contributed by atoms with Crippen molar-refractivity contribution in [3.05, 3.63) is 29.6 Å². The molecule has 0 aromatic carbocycles. The van der Waals surface area contributed by atoms with E-state index in [0.717, 1.165) is 18.8 Å². The number of aromatic nitrogens is 1. The predicted molar refractivity (Wildman–Crippen MR) is 47.8 cm³/mol. The van der Waals surface area contributed by atoms with Gasteiger partial charge in [0, 0.05) is 25.2 Å². The Morgan fingerprint density at radius 1 is 1.58 bits per heavy atom. The maximum absolute atomic E-state index is 5.33. The van der Waals surface area contributed by atoms with E-state index in [1.165, 1.54) is 5.56 Å². The van der Waals surface area contributed by atoms with Crippen molar-refractivity contribution in [2.45, 2.75) is 5.92 Å². The van der Waals surface area contributed by atoms with Gasteiger partial charge in [-0.2, -0.15) is 0 Å². The minimum Gasteiger partial charge on any atom is -0.315 e. The highest BCUT2D eigenvalue weighted by Gasteiger charge is 2.21. The number of terminal acetylenes is 1. The molecule has 60 valence electrons. The third-order valence-corrected chi connectivity index (χ3v) is 2.20. The summed E-state index contributed by atoms with van der Waals surface area (Å²) in [6.45, 7) is 2.06. The van der Waals surface area contributed by atoms with Gasteiger partial charge in [0.2, 0.25) is 0 Å². The number of hydrogen-bond donors (Lipinski definition) is 1. The van der Waals surface area contributed by atoms with E-state index >= 15 is 0 Å². The molecule has 1 aliphatic heterocycles. The van der Waals surface area contributed by atoms with E-state index < -0.39 is 0 Å². The zero-order valence-electron chi connectivity index (χ0n) is 6.75. The maximum atomic E-state index is 5.33. The highest BCUT2D eigenvalue weighted by Crippen LogP contribution is 2.21. The van der Waals surface area contributed by atoms with Crippen LogP contribution in [-0.4, -0.2) is 18.1 Å². The summed E-state index contributed by atoms with van der Waals surface area (Å²) in [6, 6.07) is 4.00. The topological polar surface area (TPSA) is 24.9 Å². The summed E-state index contributed by atoms with van der Waals surface area (Å²) in [4.78, 5) is 4.14. The number of nitrogens with one attached hydrogen (secondary N) is 1. The summed E-state index contributed by atoms with van der Waals surface area (Å²) >= 11 is 0. The molecule has 1 N–H and O–H groups in total. The summed E-state index contributed by atoms with van der Waals surface area (Å²) in [5.74, 6) is 3.18. The van der Waals surface area contributed by atoms with E-state index in [1.54, 1.807) is 6.20 Å². The number of hydrogen-bond acceptors (Lipinski definition) is 2. The molecule has 2 heterocycles. The Hall–Kier alpha value is -1.33. The zero-order valence-corrected chi connectivity index (χ0v) is 6.75. The summed E-state index contributed by atoms with van der Waals surface area (Å²) < 4.78 is 0. The summed E-state index contributed by atoms with van der Waals surface area (Å²) in [5, 5.41) is 3.21. The van der Waals surface area contributed by atoms with Gasteiger partial charge in [-0.05, 0) is 17.6 Å². The van der Waals surface area contributed by atoms with E-state index in [2.05, 4.69) is 22.3 Å². The first-order chi connectivity index (χ1) is 5.92. The van der Waals surface area contributed by atoms with Crippen molar-refractivity contribution >= 4 is 0 Å². The van der Waals surface area contributed by atoms with Crippen LogP contribution in [0.3, 0.4) is 0 Å². The minimum absolute atomic E-state index is 0.574. The molecular weight excluding hydrogens is 148 g/mol. The number of pyridine rings is 1. The Balaban J connectivity index is 2.35. The van der Waals surface area contributed by atoms with Gasteiger partial charge < -0.3 is 5.32 Å². The highest BCUT2D eigenvalue weighted by atomic mass is 14.9. The Kier molecular flexibility index (Phi) is 1.81. The van der Waals surface area contributed by atoms with Crippen LogP contribution in [-0.2, 0) is 0 Å². The highest BCUT2D eigenvalue weighted by molar-refractivity contribution is 5.37. The number of rotatable bonds is 1. The third-order valence-electron chi connectivity index (χ3n) is 2.20. The van der Waals surface area contributed by atoms with Crippen LogP contribution in [0.2, 0.25) is 0 Å². The lowest BCUT2D eigenvalue weighted by atomic mass is 9.93. The van der Waals surface area contributed by atoms with Crippen molar-refractivity contribution in [3.63, 3.8) is 0 Å². The summed E-state index contributed by atoms with van der Waals surface area (Å²) in [5.41, 5.74) is 2.00. The molecule has 1 saturated heterocycles. The molecule has 1 aliphatic rings. The van der Waals surface area contributed by atoms with Crippen molar-refractivity contribution < 1.29 is 0 Å². The quantitative estimate of drug-likeness (QED) is 0.610. The molecule has 0 bridgehead atoms. The van der Waals surface area contributed by atoms with Crippen molar-refractivity contribution in [1.29, 1.82) is 0 Å². The smallest absolute Gasteiger partial charge is 0.116 e. The Morgan fingerprint density at radius 2 is 2.42 bits per heavy atom. The molecule has 0 amide bonds. The van der Waals surface area contributed by atoms with Crippen LogP contribution in [0.1, 0.15) is 17.2 Å². The fourth-order valence-electron chi connectivity index (χ4n) is 1.38. The summed E-state index contributed by atoms with van der Waals surface area (Å²) in [7, 11) is 0.